The van der Waals surface area contributed by atoms with Crippen LogP contribution in [0.1, 0.15) is 72.6 Å². The summed E-state index contributed by atoms with van der Waals surface area (Å²) in [6.45, 7) is 9.23. The van der Waals surface area contributed by atoms with Crippen LogP contribution in [0.25, 0.3) is 0 Å². The third kappa shape index (κ3) is 13.3. The third-order valence-corrected chi connectivity index (χ3v) is 2.73. The zero-order valence-electron chi connectivity index (χ0n) is 12.6. The van der Waals surface area contributed by atoms with Crippen molar-refractivity contribution in [2.75, 3.05) is 6.61 Å². The summed E-state index contributed by atoms with van der Waals surface area (Å²) in [4.78, 5) is 11.4. The van der Waals surface area contributed by atoms with Gasteiger partial charge in [0.25, 0.3) is 0 Å². The van der Waals surface area contributed by atoms with Crippen LogP contribution in [0.4, 0.5) is 0 Å². The average Bonchev–Trinajstić information content (AvgIpc) is 2.26. The van der Waals surface area contributed by atoms with E-state index in [4.69, 9.17) is 4.74 Å². The molecule has 0 N–H and O–H groups in total. The Hall–Kier alpha value is -0.790. The van der Waals surface area contributed by atoms with Gasteiger partial charge in [0.15, 0.2) is 0 Å². The first-order chi connectivity index (χ1) is 8.45. The molecule has 0 rings (SSSR count). The van der Waals surface area contributed by atoms with Crippen LogP contribution in [0.2, 0.25) is 0 Å². The van der Waals surface area contributed by atoms with Gasteiger partial charge in [0, 0.05) is 6.08 Å². The van der Waals surface area contributed by atoms with E-state index in [1.54, 1.807) is 6.08 Å². The summed E-state index contributed by atoms with van der Waals surface area (Å²) >= 11 is 0. The molecule has 18 heavy (non-hydrogen) atoms. The summed E-state index contributed by atoms with van der Waals surface area (Å²) < 4.78 is 5.14. The Morgan fingerprint density at radius 3 is 2.28 bits per heavy atom. The first-order valence-electron chi connectivity index (χ1n) is 7.29. The topological polar surface area (TPSA) is 26.3 Å². The number of ether oxygens (including phenoxy) is 1. The van der Waals surface area contributed by atoms with Crippen molar-refractivity contribution < 1.29 is 9.53 Å². The second-order valence-electron chi connectivity index (χ2n) is 6.10. The minimum atomic E-state index is -0.201. The van der Waals surface area contributed by atoms with Gasteiger partial charge in [0.1, 0.15) is 0 Å². The van der Waals surface area contributed by atoms with Crippen LogP contribution in [0, 0.1) is 5.41 Å². The SMILES string of the molecule is CCCCCCCCOC(=O)/C=C/CC(C)(C)C. The maximum Gasteiger partial charge on any atom is 0.330 e. The molecule has 106 valence electrons. The third-order valence-electron chi connectivity index (χ3n) is 2.73. The Morgan fingerprint density at radius 2 is 1.67 bits per heavy atom. The van der Waals surface area contributed by atoms with Gasteiger partial charge in [-0.3, -0.25) is 0 Å². The van der Waals surface area contributed by atoms with Crippen molar-refractivity contribution in [1.82, 2.24) is 0 Å². The maximum absolute atomic E-state index is 11.4. The number of unbranched alkanes of at least 4 members (excludes halogenated alkanes) is 5. The fourth-order valence-corrected chi connectivity index (χ4v) is 1.61. The van der Waals surface area contributed by atoms with Crippen LogP contribution in [-0.2, 0) is 9.53 Å². The molecule has 0 aliphatic rings. The molecule has 0 amide bonds. The lowest BCUT2D eigenvalue weighted by Crippen LogP contribution is -2.05. The Balaban J connectivity index is 3.42. The first kappa shape index (κ1) is 17.2. The van der Waals surface area contributed by atoms with E-state index in [2.05, 4.69) is 27.7 Å². The molecular formula is C16H30O2. The van der Waals surface area contributed by atoms with Crippen LogP contribution in [0.5, 0.6) is 0 Å². The first-order valence-corrected chi connectivity index (χ1v) is 7.29. The van der Waals surface area contributed by atoms with Gasteiger partial charge in [0.2, 0.25) is 0 Å². The molecule has 2 heteroatoms. The van der Waals surface area contributed by atoms with Gasteiger partial charge in [-0.1, -0.05) is 65.9 Å². The van der Waals surface area contributed by atoms with Crippen molar-refractivity contribution in [2.45, 2.75) is 72.6 Å². The Morgan fingerprint density at radius 1 is 1.06 bits per heavy atom. The highest BCUT2D eigenvalue weighted by Crippen LogP contribution is 2.18. The van der Waals surface area contributed by atoms with E-state index in [0.717, 1.165) is 12.8 Å². The molecule has 0 unspecified atom stereocenters. The van der Waals surface area contributed by atoms with Crippen molar-refractivity contribution in [1.29, 1.82) is 0 Å². The standard InChI is InChI=1S/C16H30O2/c1-5-6-7-8-9-10-14-18-15(17)12-11-13-16(2,3)4/h11-12H,5-10,13-14H2,1-4H3/b12-11+. The fraction of sp³-hybridized carbons (Fsp3) is 0.812. The summed E-state index contributed by atoms with van der Waals surface area (Å²) in [5.74, 6) is -0.201. The van der Waals surface area contributed by atoms with Crippen LogP contribution in [0.15, 0.2) is 12.2 Å². The molecule has 0 aliphatic carbocycles. The van der Waals surface area contributed by atoms with E-state index in [-0.39, 0.29) is 11.4 Å². The largest absolute Gasteiger partial charge is 0.463 e. The molecule has 0 spiro atoms. The molecule has 0 heterocycles. The summed E-state index contributed by atoms with van der Waals surface area (Å²) in [6, 6.07) is 0. The van der Waals surface area contributed by atoms with Gasteiger partial charge in [-0.15, -0.1) is 0 Å². The van der Waals surface area contributed by atoms with Crippen LogP contribution in [-0.4, -0.2) is 12.6 Å². The Kier molecular flexibility index (Phi) is 9.72. The molecule has 0 saturated carbocycles. The van der Waals surface area contributed by atoms with Crippen LogP contribution in [0.3, 0.4) is 0 Å². The van der Waals surface area contributed by atoms with Gasteiger partial charge < -0.3 is 4.74 Å². The van der Waals surface area contributed by atoms with E-state index in [9.17, 15) is 4.79 Å². The zero-order chi connectivity index (χ0) is 13.9. The van der Waals surface area contributed by atoms with Crippen molar-refractivity contribution in [3.05, 3.63) is 12.2 Å². The summed E-state index contributed by atoms with van der Waals surface area (Å²) in [7, 11) is 0. The molecule has 0 aliphatic heterocycles. The average molecular weight is 254 g/mol. The number of hydrogen-bond donors (Lipinski definition) is 0. The van der Waals surface area contributed by atoms with E-state index in [1.807, 2.05) is 6.08 Å². The molecule has 0 radical (unpaired) electrons. The molecule has 0 aromatic rings. The predicted molar refractivity (Wildman–Crippen MR) is 77.5 cm³/mol. The summed E-state index contributed by atoms with van der Waals surface area (Å²) in [5.41, 5.74) is 0.232. The van der Waals surface area contributed by atoms with E-state index in [1.165, 1.54) is 32.1 Å². The molecule has 0 saturated heterocycles. The van der Waals surface area contributed by atoms with Gasteiger partial charge in [-0.2, -0.15) is 0 Å². The van der Waals surface area contributed by atoms with Gasteiger partial charge in [0.05, 0.1) is 6.61 Å². The number of allylic oxidation sites excluding steroid dienone is 1. The molecule has 0 aromatic heterocycles. The molecule has 2 nitrogen and oxygen atoms in total. The molecular weight excluding hydrogens is 224 g/mol. The lowest BCUT2D eigenvalue weighted by atomic mass is 9.92. The van der Waals surface area contributed by atoms with E-state index in [0.29, 0.717) is 6.61 Å². The highest BCUT2D eigenvalue weighted by Gasteiger charge is 2.07. The van der Waals surface area contributed by atoms with Gasteiger partial charge >= 0.3 is 5.97 Å². The van der Waals surface area contributed by atoms with E-state index >= 15 is 0 Å². The quantitative estimate of drug-likeness (QED) is 0.333. The van der Waals surface area contributed by atoms with Crippen molar-refractivity contribution >= 4 is 5.97 Å². The number of rotatable bonds is 9. The minimum Gasteiger partial charge on any atom is -0.463 e. The van der Waals surface area contributed by atoms with Crippen LogP contribution < -0.4 is 0 Å². The van der Waals surface area contributed by atoms with Crippen molar-refractivity contribution in [3.63, 3.8) is 0 Å². The number of esters is 1. The monoisotopic (exact) mass is 254 g/mol. The zero-order valence-corrected chi connectivity index (χ0v) is 12.6. The van der Waals surface area contributed by atoms with E-state index < -0.39 is 0 Å². The van der Waals surface area contributed by atoms with Crippen molar-refractivity contribution in [3.8, 4) is 0 Å². The number of carbonyl (C=O) groups excluding carboxylic acids is 1. The normalized spacial score (nSPS) is 12.0. The summed E-state index contributed by atoms with van der Waals surface area (Å²) in [6.07, 6.45) is 11.7. The highest BCUT2D eigenvalue weighted by molar-refractivity contribution is 5.81. The fourth-order valence-electron chi connectivity index (χ4n) is 1.61. The lowest BCUT2D eigenvalue weighted by molar-refractivity contribution is -0.137. The van der Waals surface area contributed by atoms with Gasteiger partial charge in [-0.25, -0.2) is 4.79 Å². The molecule has 0 bridgehead atoms. The Labute approximate surface area is 113 Å². The van der Waals surface area contributed by atoms with Crippen molar-refractivity contribution in [2.24, 2.45) is 5.41 Å². The number of hydrogen-bond acceptors (Lipinski definition) is 2. The highest BCUT2D eigenvalue weighted by atomic mass is 16.5. The predicted octanol–water partition coefficient (Wildman–Crippen LogP) is 4.88. The lowest BCUT2D eigenvalue weighted by Gasteiger charge is -2.14. The molecule has 0 atom stereocenters. The maximum atomic E-state index is 11.4. The van der Waals surface area contributed by atoms with Gasteiger partial charge in [-0.05, 0) is 18.3 Å². The second kappa shape index (κ2) is 10.2. The molecule has 0 aromatic carbocycles. The smallest absolute Gasteiger partial charge is 0.330 e. The number of carbonyl (C=O) groups is 1. The van der Waals surface area contributed by atoms with Crippen LogP contribution >= 0.6 is 0 Å². The minimum absolute atomic E-state index is 0.201. The summed E-state index contributed by atoms with van der Waals surface area (Å²) in [5, 5.41) is 0. The Bertz CT molecular complexity index is 236. The second-order valence-corrected chi connectivity index (χ2v) is 6.10. The molecule has 0 fully saturated rings.